The quantitative estimate of drug-likeness (QED) is 0.406. The summed E-state index contributed by atoms with van der Waals surface area (Å²) in [5, 5.41) is 2.67. The third-order valence-electron chi connectivity index (χ3n) is 4.32. The van der Waals surface area contributed by atoms with Gasteiger partial charge < -0.3 is 14.8 Å². The highest BCUT2D eigenvalue weighted by Crippen LogP contribution is 2.46. The maximum Gasteiger partial charge on any atom is 0.221 e. The van der Waals surface area contributed by atoms with Crippen molar-refractivity contribution in [2.24, 2.45) is 0 Å². The number of ether oxygens (including phenoxy) is 2. The molecule has 0 aliphatic rings. The van der Waals surface area contributed by atoms with Crippen molar-refractivity contribution in [1.29, 1.82) is 0 Å². The molecule has 3 rings (SSSR count). The van der Waals surface area contributed by atoms with Crippen LogP contribution in [0.1, 0.15) is 24.0 Å². The molecule has 0 fully saturated rings. The lowest BCUT2D eigenvalue weighted by atomic mass is 9.92. The van der Waals surface area contributed by atoms with Crippen LogP contribution in [-0.4, -0.2) is 23.9 Å². The van der Waals surface area contributed by atoms with Gasteiger partial charge in [-0.05, 0) is 47.5 Å². The Morgan fingerprint density at radius 3 is 1.52 bits per heavy atom. The van der Waals surface area contributed by atoms with E-state index in [4.69, 9.17) is 44.3 Å². The lowest BCUT2D eigenvalue weighted by Gasteiger charge is -2.25. The highest BCUT2D eigenvalue weighted by Gasteiger charge is 2.35. The van der Waals surface area contributed by atoms with Gasteiger partial charge in [-0.1, -0.05) is 77.3 Å². The zero-order valence-corrected chi connectivity index (χ0v) is 19.7. The standard InChI is InChI=1S/C16H15Cl3O2.C8H9NO/c1-20-13-7-3-11(4-8-13)15(16(17,18)19)12-5-9-14(21-2)10-6-12;1-7(10)9-8-5-3-2-4-6-8/h3-10,15H,1-2H3;2-6H,1H3,(H,9,10). The molecule has 31 heavy (non-hydrogen) atoms. The molecule has 164 valence electrons. The number of methoxy groups -OCH3 is 2. The van der Waals surface area contributed by atoms with Crippen LogP contribution < -0.4 is 14.8 Å². The highest BCUT2D eigenvalue weighted by atomic mass is 35.6. The second kappa shape index (κ2) is 11.8. The predicted octanol–water partition coefficient (Wildman–Crippen LogP) is 6.85. The first kappa shape index (κ1) is 24.9. The summed E-state index contributed by atoms with van der Waals surface area (Å²) in [4.78, 5) is 10.5. The number of rotatable bonds is 5. The number of amides is 1. The molecule has 0 spiro atoms. The van der Waals surface area contributed by atoms with Crippen LogP contribution in [0, 0.1) is 0 Å². The number of halogens is 3. The normalized spacial score (nSPS) is 10.7. The molecular formula is C24H24Cl3NO3. The van der Waals surface area contributed by atoms with Crippen LogP contribution in [-0.2, 0) is 4.79 Å². The summed E-state index contributed by atoms with van der Waals surface area (Å²) in [5.41, 5.74) is 2.65. The van der Waals surface area contributed by atoms with E-state index >= 15 is 0 Å². The zero-order valence-electron chi connectivity index (χ0n) is 17.4. The number of hydrogen-bond acceptors (Lipinski definition) is 3. The van der Waals surface area contributed by atoms with E-state index in [9.17, 15) is 4.79 Å². The highest BCUT2D eigenvalue weighted by molar-refractivity contribution is 6.68. The van der Waals surface area contributed by atoms with Crippen LogP contribution in [0.25, 0.3) is 0 Å². The second-order valence-electron chi connectivity index (χ2n) is 6.57. The summed E-state index contributed by atoms with van der Waals surface area (Å²) in [7, 11) is 3.23. The molecule has 1 amide bonds. The Morgan fingerprint density at radius 1 is 0.774 bits per heavy atom. The number of para-hydroxylation sites is 1. The smallest absolute Gasteiger partial charge is 0.221 e. The minimum atomic E-state index is -1.46. The van der Waals surface area contributed by atoms with Gasteiger partial charge in [-0.3, -0.25) is 4.79 Å². The molecule has 3 aromatic rings. The van der Waals surface area contributed by atoms with Crippen molar-refractivity contribution >= 4 is 46.4 Å². The molecule has 0 saturated heterocycles. The molecule has 0 aliphatic heterocycles. The average Bonchev–Trinajstić information content (AvgIpc) is 2.75. The fourth-order valence-electron chi connectivity index (χ4n) is 2.89. The molecular weight excluding hydrogens is 457 g/mol. The van der Waals surface area contributed by atoms with Gasteiger partial charge in [0, 0.05) is 12.6 Å². The maximum absolute atomic E-state index is 10.5. The molecule has 0 heterocycles. The Bertz CT molecular complexity index is 893. The van der Waals surface area contributed by atoms with E-state index in [-0.39, 0.29) is 11.8 Å². The molecule has 0 unspecified atom stereocenters. The molecule has 0 saturated carbocycles. The van der Waals surface area contributed by atoms with Crippen molar-refractivity contribution < 1.29 is 14.3 Å². The first-order valence-corrected chi connectivity index (χ1v) is 10.5. The molecule has 0 bridgehead atoms. The van der Waals surface area contributed by atoms with Crippen LogP contribution in [0.5, 0.6) is 11.5 Å². The van der Waals surface area contributed by atoms with Crippen molar-refractivity contribution in [3.05, 3.63) is 90.0 Å². The Labute approximate surface area is 198 Å². The topological polar surface area (TPSA) is 47.6 Å². The largest absolute Gasteiger partial charge is 0.497 e. The van der Waals surface area contributed by atoms with Crippen molar-refractivity contribution in [3.8, 4) is 11.5 Å². The lowest BCUT2D eigenvalue weighted by Crippen LogP contribution is -2.18. The maximum atomic E-state index is 10.5. The summed E-state index contributed by atoms with van der Waals surface area (Å²) in [5.74, 6) is 1.11. The van der Waals surface area contributed by atoms with Crippen molar-refractivity contribution in [2.75, 3.05) is 19.5 Å². The molecule has 4 nitrogen and oxygen atoms in total. The van der Waals surface area contributed by atoms with Crippen LogP contribution in [0.3, 0.4) is 0 Å². The first-order valence-electron chi connectivity index (χ1n) is 9.42. The molecule has 0 aliphatic carbocycles. The van der Waals surface area contributed by atoms with Crippen LogP contribution in [0.15, 0.2) is 78.9 Å². The predicted molar refractivity (Wildman–Crippen MR) is 129 cm³/mol. The van der Waals surface area contributed by atoms with E-state index in [0.29, 0.717) is 0 Å². The minimum absolute atomic E-state index is 0.0359. The summed E-state index contributed by atoms with van der Waals surface area (Å²) in [6.45, 7) is 1.49. The fourth-order valence-corrected chi connectivity index (χ4v) is 3.64. The van der Waals surface area contributed by atoms with E-state index in [0.717, 1.165) is 28.3 Å². The van der Waals surface area contributed by atoms with E-state index in [1.807, 2.05) is 78.9 Å². The van der Waals surface area contributed by atoms with Crippen molar-refractivity contribution in [3.63, 3.8) is 0 Å². The molecule has 7 heteroatoms. The van der Waals surface area contributed by atoms with Crippen LogP contribution in [0.2, 0.25) is 0 Å². The monoisotopic (exact) mass is 479 g/mol. The second-order valence-corrected chi connectivity index (χ2v) is 8.94. The van der Waals surface area contributed by atoms with Gasteiger partial charge in [0.25, 0.3) is 0 Å². The van der Waals surface area contributed by atoms with Crippen molar-refractivity contribution in [1.82, 2.24) is 0 Å². The van der Waals surface area contributed by atoms with Gasteiger partial charge in [-0.15, -0.1) is 0 Å². The number of hydrogen-bond donors (Lipinski definition) is 1. The van der Waals surface area contributed by atoms with E-state index in [1.54, 1.807) is 14.2 Å². The molecule has 0 radical (unpaired) electrons. The Hall–Kier alpha value is -2.40. The Kier molecular flexibility index (Phi) is 9.50. The zero-order chi connectivity index (χ0) is 22.9. The van der Waals surface area contributed by atoms with Crippen LogP contribution >= 0.6 is 34.8 Å². The number of nitrogens with one attached hydrogen (secondary N) is 1. The number of carbonyl (C=O) groups excluding carboxylic acids is 1. The fraction of sp³-hybridized carbons (Fsp3) is 0.208. The van der Waals surface area contributed by atoms with Gasteiger partial charge in [0.1, 0.15) is 11.5 Å². The molecule has 3 aromatic carbocycles. The number of anilines is 1. The average molecular weight is 481 g/mol. The van der Waals surface area contributed by atoms with Gasteiger partial charge in [0.05, 0.1) is 20.1 Å². The summed E-state index contributed by atoms with van der Waals surface area (Å²) < 4.78 is 8.85. The van der Waals surface area contributed by atoms with Crippen molar-refractivity contribution in [2.45, 2.75) is 16.6 Å². The number of carbonyl (C=O) groups is 1. The number of benzene rings is 3. The van der Waals surface area contributed by atoms with Crippen LogP contribution in [0.4, 0.5) is 5.69 Å². The van der Waals surface area contributed by atoms with E-state index < -0.39 is 3.79 Å². The molecule has 0 aromatic heterocycles. The Morgan fingerprint density at radius 2 is 1.19 bits per heavy atom. The number of alkyl halides is 3. The third-order valence-corrected chi connectivity index (χ3v) is 4.97. The SMILES string of the molecule is CC(=O)Nc1ccccc1.COc1ccc(C(c2ccc(OC)cc2)C(Cl)(Cl)Cl)cc1. The Balaban J connectivity index is 0.000000285. The summed E-state index contributed by atoms with van der Waals surface area (Å²) in [6, 6.07) is 24.4. The van der Waals surface area contributed by atoms with Gasteiger partial charge in [0.15, 0.2) is 0 Å². The van der Waals surface area contributed by atoms with E-state index in [1.165, 1.54) is 6.92 Å². The molecule has 0 atom stereocenters. The minimum Gasteiger partial charge on any atom is -0.497 e. The van der Waals surface area contributed by atoms with Gasteiger partial charge in [0.2, 0.25) is 9.70 Å². The van der Waals surface area contributed by atoms with Gasteiger partial charge in [-0.25, -0.2) is 0 Å². The van der Waals surface area contributed by atoms with E-state index in [2.05, 4.69) is 5.32 Å². The van der Waals surface area contributed by atoms with Gasteiger partial charge in [-0.2, -0.15) is 0 Å². The summed E-state index contributed by atoms with van der Waals surface area (Å²) >= 11 is 18.6. The third kappa shape index (κ3) is 7.98. The van der Waals surface area contributed by atoms with Gasteiger partial charge >= 0.3 is 0 Å². The lowest BCUT2D eigenvalue weighted by molar-refractivity contribution is -0.114. The molecule has 1 N–H and O–H groups in total. The first-order chi connectivity index (χ1) is 14.7. The summed E-state index contributed by atoms with van der Waals surface area (Å²) in [6.07, 6.45) is 0.